The number of hydrogen-bond donors (Lipinski definition) is 0. The molecule has 1 saturated carbocycles. The number of carbonyl (C=O) groups excluding carboxylic acids is 2. The van der Waals surface area contributed by atoms with Gasteiger partial charge in [-0.1, -0.05) is 55.6 Å². The van der Waals surface area contributed by atoms with Gasteiger partial charge in [-0.15, -0.1) is 0 Å². The molecule has 1 aliphatic heterocycles. The molecule has 3 nitrogen and oxygen atoms in total. The molecule has 6 heteroatoms. The Morgan fingerprint density at radius 2 is 1.50 bits per heavy atom. The van der Waals surface area contributed by atoms with Crippen LogP contribution in [-0.2, 0) is 9.59 Å². The summed E-state index contributed by atoms with van der Waals surface area (Å²) in [6, 6.07) is 6.98. The smallest absolute Gasteiger partial charge is 0.237 e. The first kappa shape index (κ1) is 14.5. The van der Waals surface area contributed by atoms with Gasteiger partial charge in [-0.05, 0) is 25.0 Å². The van der Waals surface area contributed by atoms with Crippen LogP contribution in [0.4, 0.5) is 5.69 Å². The van der Waals surface area contributed by atoms with E-state index in [9.17, 15) is 9.59 Å². The number of fused-ring (bicyclic) bond motifs is 1. The summed E-state index contributed by atoms with van der Waals surface area (Å²) in [5.74, 6) is -0.734. The van der Waals surface area contributed by atoms with E-state index in [1.54, 1.807) is 24.3 Å². The van der Waals surface area contributed by atoms with Crippen molar-refractivity contribution >= 4 is 61.0 Å². The van der Waals surface area contributed by atoms with Gasteiger partial charge >= 0.3 is 0 Å². The second-order valence-electron chi connectivity index (χ2n) is 5.18. The zero-order chi connectivity index (χ0) is 14.4. The minimum Gasteiger partial charge on any atom is -0.274 e. The SMILES string of the molecule is O=C1C2CC(Br)C(Br)CC2C(=O)N1c1ccccc1Cl. The molecule has 4 atom stereocenters. The summed E-state index contributed by atoms with van der Waals surface area (Å²) in [4.78, 5) is 26.8. The third kappa shape index (κ3) is 2.24. The van der Waals surface area contributed by atoms with Crippen molar-refractivity contribution in [3.8, 4) is 0 Å². The number of rotatable bonds is 1. The zero-order valence-electron chi connectivity index (χ0n) is 10.4. The fourth-order valence-corrected chi connectivity index (χ4v) is 4.42. The van der Waals surface area contributed by atoms with Crippen LogP contribution in [0.5, 0.6) is 0 Å². The van der Waals surface area contributed by atoms with Crippen molar-refractivity contribution in [1.29, 1.82) is 0 Å². The van der Waals surface area contributed by atoms with Crippen molar-refractivity contribution in [2.45, 2.75) is 22.5 Å². The van der Waals surface area contributed by atoms with Crippen molar-refractivity contribution in [2.24, 2.45) is 11.8 Å². The average Bonchev–Trinajstić information content (AvgIpc) is 2.64. The molecule has 1 heterocycles. The lowest BCUT2D eigenvalue weighted by molar-refractivity contribution is -0.122. The van der Waals surface area contributed by atoms with Crippen LogP contribution in [0, 0.1) is 11.8 Å². The van der Waals surface area contributed by atoms with Gasteiger partial charge in [0.15, 0.2) is 0 Å². The van der Waals surface area contributed by atoms with Crippen molar-refractivity contribution in [1.82, 2.24) is 0 Å². The van der Waals surface area contributed by atoms with Gasteiger partial charge in [-0.3, -0.25) is 9.59 Å². The van der Waals surface area contributed by atoms with Gasteiger partial charge in [0.25, 0.3) is 0 Å². The molecular formula is C14H12Br2ClNO2. The predicted octanol–water partition coefficient (Wildman–Crippen LogP) is 3.77. The number of anilines is 1. The fourth-order valence-electron chi connectivity index (χ4n) is 2.97. The normalized spacial score (nSPS) is 33.5. The number of imide groups is 1. The highest BCUT2D eigenvalue weighted by Crippen LogP contribution is 2.45. The molecule has 0 aromatic heterocycles. The first-order valence-electron chi connectivity index (χ1n) is 6.41. The fraction of sp³-hybridized carbons (Fsp3) is 0.429. The molecule has 0 radical (unpaired) electrons. The first-order chi connectivity index (χ1) is 9.50. The van der Waals surface area contributed by atoms with E-state index in [-0.39, 0.29) is 33.3 Å². The van der Waals surface area contributed by atoms with Gasteiger partial charge in [0.1, 0.15) is 0 Å². The third-order valence-corrected chi connectivity index (χ3v) is 7.06. The second kappa shape index (κ2) is 5.43. The molecule has 20 heavy (non-hydrogen) atoms. The van der Waals surface area contributed by atoms with Gasteiger partial charge < -0.3 is 0 Å². The lowest BCUT2D eigenvalue weighted by Gasteiger charge is -2.29. The minimum atomic E-state index is -0.239. The molecule has 1 aromatic carbocycles. The number of amides is 2. The molecule has 0 N–H and O–H groups in total. The average molecular weight is 422 g/mol. The monoisotopic (exact) mass is 419 g/mol. The molecule has 106 valence electrons. The van der Waals surface area contributed by atoms with E-state index in [0.717, 1.165) is 0 Å². The zero-order valence-corrected chi connectivity index (χ0v) is 14.4. The highest BCUT2D eigenvalue weighted by Gasteiger charge is 2.52. The highest BCUT2D eigenvalue weighted by molar-refractivity contribution is 9.12. The highest BCUT2D eigenvalue weighted by atomic mass is 79.9. The van der Waals surface area contributed by atoms with Crippen LogP contribution in [0.3, 0.4) is 0 Å². The lowest BCUT2D eigenvalue weighted by atomic mass is 9.81. The van der Waals surface area contributed by atoms with Crippen LogP contribution in [0.2, 0.25) is 5.02 Å². The topological polar surface area (TPSA) is 37.4 Å². The largest absolute Gasteiger partial charge is 0.274 e. The standard InChI is InChI=1S/C14H12Br2ClNO2/c15-9-5-7-8(6-10(9)16)14(20)18(13(7)19)12-4-2-1-3-11(12)17/h1-4,7-10H,5-6H2. The van der Waals surface area contributed by atoms with E-state index in [1.807, 2.05) is 0 Å². The Bertz CT molecular complexity index is 552. The lowest BCUT2D eigenvalue weighted by Crippen LogP contribution is -2.34. The predicted molar refractivity (Wildman–Crippen MR) is 85.6 cm³/mol. The Balaban J connectivity index is 1.97. The van der Waals surface area contributed by atoms with E-state index in [4.69, 9.17) is 11.6 Å². The van der Waals surface area contributed by atoms with E-state index >= 15 is 0 Å². The van der Waals surface area contributed by atoms with Crippen LogP contribution < -0.4 is 4.90 Å². The van der Waals surface area contributed by atoms with Crippen molar-refractivity contribution in [3.05, 3.63) is 29.3 Å². The van der Waals surface area contributed by atoms with Gasteiger partial charge in [-0.2, -0.15) is 0 Å². The molecule has 0 spiro atoms. The number of nitrogens with zero attached hydrogens (tertiary/aromatic N) is 1. The van der Waals surface area contributed by atoms with Gasteiger partial charge in [0, 0.05) is 9.65 Å². The van der Waals surface area contributed by atoms with Crippen molar-refractivity contribution < 1.29 is 9.59 Å². The molecule has 4 unspecified atom stereocenters. The maximum atomic E-state index is 12.6. The molecule has 1 aromatic rings. The summed E-state index contributed by atoms with van der Waals surface area (Å²) in [6.07, 6.45) is 1.35. The minimum absolute atomic E-state index is 0.128. The number of carbonyl (C=O) groups is 2. The van der Waals surface area contributed by atoms with Gasteiger partial charge in [0.05, 0.1) is 22.5 Å². The molecule has 2 aliphatic rings. The Morgan fingerprint density at radius 3 is 2.00 bits per heavy atom. The van der Waals surface area contributed by atoms with Crippen LogP contribution in [0.15, 0.2) is 24.3 Å². The van der Waals surface area contributed by atoms with Crippen molar-refractivity contribution in [2.75, 3.05) is 4.90 Å². The summed E-state index contributed by atoms with van der Waals surface area (Å²) >= 11 is 13.3. The molecule has 2 fully saturated rings. The van der Waals surface area contributed by atoms with Crippen LogP contribution >= 0.6 is 43.5 Å². The molecule has 1 aliphatic carbocycles. The summed E-state index contributed by atoms with van der Waals surface area (Å²) in [7, 11) is 0. The summed E-state index contributed by atoms with van der Waals surface area (Å²) < 4.78 is 0. The first-order valence-corrected chi connectivity index (χ1v) is 8.62. The summed E-state index contributed by atoms with van der Waals surface area (Å²) in [6.45, 7) is 0. The van der Waals surface area contributed by atoms with Gasteiger partial charge in [0.2, 0.25) is 11.8 Å². The third-order valence-electron chi connectivity index (χ3n) is 4.00. The maximum Gasteiger partial charge on any atom is 0.237 e. The molecule has 3 rings (SSSR count). The summed E-state index contributed by atoms with van der Waals surface area (Å²) in [5.41, 5.74) is 0.496. The number of hydrogen-bond acceptors (Lipinski definition) is 2. The van der Waals surface area contributed by atoms with Crippen LogP contribution in [0.1, 0.15) is 12.8 Å². The molecule has 0 bridgehead atoms. The number of alkyl halides is 2. The van der Waals surface area contributed by atoms with Gasteiger partial charge in [-0.25, -0.2) is 4.90 Å². The summed E-state index contributed by atoms with van der Waals surface area (Å²) in [5, 5.41) is 0.429. The van der Waals surface area contributed by atoms with Crippen LogP contribution in [0.25, 0.3) is 0 Å². The maximum absolute atomic E-state index is 12.6. The number of para-hydroxylation sites is 1. The Labute approximate surface area is 138 Å². The number of halogens is 3. The van der Waals surface area contributed by atoms with E-state index in [0.29, 0.717) is 23.6 Å². The Kier molecular flexibility index (Phi) is 3.95. The molecule has 2 amide bonds. The van der Waals surface area contributed by atoms with Crippen LogP contribution in [-0.4, -0.2) is 21.5 Å². The van der Waals surface area contributed by atoms with E-state index in [1.165, 1.54) is 4.90 Å². The molecular weight excluding hydrogens is 409 g/mol. The number of benzene rings is 1. The molecule has 1 saturated heterocycles. The Hall–Kier alpha value is -0.390. The Morgan fingerprint density at radius 1 is 1.00 bits per heavy atom. The quantitative estimate of drug-likeness (QED) is 0.511. The van der Waals surface area contributed by atoms with Crippen molar-refractivity contribution in [3.63, 3.8) is 0 Å². The van der Waals surface area contributed by atoms with E-state index in [2.05, 4.69) is 31.9 Å². The second-order valence-corrected chi connectivity index (χ2v) is 7.94. The van der Waals surface area contributed by atoms with E-state index < -0.39 is 0 Å².